The molecule has 0 aliphatic carbocycles. The maximum atomic E-state index is 11.8. The summed E-state index contributed by atoms with van der Waals surface area (Å²) >= 11 is 0. The van der Waals surface area contributed by atoms with Gasteiger partial charge in [0.25, 0.3) is 0 Å². The lowest BCUT2D eigenvalue weighted by atomic mass is 9.75. The molecule has 1 N–H and O–H groups in total. The fourth-order valence-electron chi connectivity index (χ4n) is 2.87. The van der Waals surface area contributed by atoms with E-state index in [1.165, 1.54) is 12.7 Å². The summed E-state index contributed by atoms with van der Waals surface area (Å²) in [5.41, 5.74) is 1.23. The first-order chi connectivity index (χ1) is 9.59. The van der Waals surface area contributed by atoms with Crippen LogP contribution >= 0.6 is 0 Å². The zero-order valence-corrected chi connectivity index (χ0v) is 12.4. The molecule has 1 aliphatic heterocycles. The first kappa shape index (κ1) is 14.9. The molecule has 2 atom stereocenters. The molecular formula is C16H23NO3. The Morgan fingerprint density at radius 3 is 2.65 bits per heavy atom. The van der Waals surface area contributed by atoms with Crippen LogP contribution in [0.4, 0.5) is 0 Å². The van der Waals surface area contributed by atoms with Crippen molar-refractivity contribution in [3.8, 4) is 5.75 Å². The predicted molar refractivity (Wildman–Crippen MR) is 77.8 cm³/mol. The molecule has 1 aromatic rings. The van der Waals surface area contributed by atoms with Crippen LogP contribution in [0.15, 0.2) is 24.3 Å². The first-order valence-corrected chi connectivity index (χ1v) is 7.00. The van der Waals surface area contributed by atoms with Crippen LogP contribution in [0, 0.1) is 11.3 Å². The van der Waals surface area contributed by atoms with Crippen LogP contribution in [0.2, 0.25) is 0 Å². The van der Waals surface area contributed by atoms with Crippen LogP contribution in [-0.2, 0) is 16.0 Å². The van der Waals surface area contributed by atoms with Crippen molar-refractivity contribution >= 4 is 5.97 Å². The number of esters is 1. The molecule has 0 saturated carbocycles. The Kier molecular flexibility index (Phi) is 4.65. The molecule has 1 fully saturated rings. The average Bonchev–Trinajstić information content (AvgIpc) is 2.87. The topological polar surface area (TPSA) is 47.6 Å². The number of aryl methyl sites for hydroxylation is 1. The average molecular weight is 277 g/mol. The fourth-order valence-corrected chi connectivity index (χ4v) is 2.87. The Labute approximate surface area is 120 Å². The second-order valence-electron chi connectivity index (χ2n) is 5.71. The highest BCUT2D eigenvalue weighted by Gasteiger charge is 2.43. The van der Waals surface area contributed by atoms with E-state index in [1.807, 2.05) is 12.1 Å². The Bertz CT molecular complexity index is 457. The molecule has 2 rings (SSSR count). The second kappa shape index (κ2) is 6.27. The van der Waals surface area contributed by atoms with Gasteiger partial charge in [0.05, 0.1) is 20.1 Å². The number of nitrogens with one attached hydrogen (secondary N) is 1. The van der Waals surface area contributed by atoms with Gasteiger partial charge in [-0.2, -0.15) is 0 Å². The van der Waals surface area contributed by atoms with Crippen LogP contribution in [0.25, 0.3) is 0 Å². The highest BCUT2D eigenvalue weighted by atomic mass is 16.5. The van der Waals surface area contributed by atoms with Gasteiger partial charge in [-0.3, -0.25) is 4.79 Å². The number of ether oxygens (including phenoxy) is 2. The number of benzene rings is 1. The van der Waals surface area contributed by atoms with Crippen LogP contribution in [0.5, 0.6) is 5.75 Å². The first-order valence-electron chi connectivity index (χ1n) is 7.00. The third-order valence-electron chi connectivity index (χ3n) is 4.35. The van der Waals surface area contributed by atoms with Crippen LogP contribution < -0.4 is 10.1 Å². The Morgan fingerprint density at radius 2 is 2.05 bits per heavy atom. The fraction of sp³-hybridized carbons (Fsp3) is 0.562. The third kappa shape index (κ3) is 3.12. The summed E-state index contributed by atoms with van der Waals surface area (Å²) in [6.45, 7) is 3.74. The number of carbonyl (C=O) groups is 1. The molecule has 0 aromatic heterocycles. The molecule has 1 aromatic carbocycles. The van der Waals surface area contributed by atoms with E-state index in [-0.39, 0.29) is 17.3 Å². The minimum Gasteiger partial charge on any atom is -0.497 e. The van der Waals surface area contributed by atoms with Crippen molar-refractivity contribution < 1.29 is 14.3 Å². The molecular weight excluding hydrogens is 254 g/mol. The summed E-state index contributed by atoms with van der Waals surface area (Å²) < 4.78 is 10.1. The van der Waals surface area contributed by atoms with E-state index >= 15 is 0 Å². The molecule has 0 radical (unpaired) electrons. The van der Waals surface area contributed by atoms with E-state index in [0.29, 0.717) is 6.54 Å². The zero-order chi connectivity index (χ0) is 14.6. The largest absolute Gasteiger partial charge is 0.497 e. The number of methoxy groups -OCH3 is 2. The maximum Gasteiger partial charge on any atom is 0.310 e. The Hall–Kier alpha value is -1.55. The van der Waals surface area contributed by atoms with Crippen LogP contribution in [0.3, 0.4) is 0 Å². The highest BCUT2D eigenvalue weighted by molar-refractivity contribution is 5.74. The van der Waals surface area contributed by atoms with E-state index in [2.05, 4.69) is 24.4 Å². The van der Waals surface area contributed by atoms with E-state index in [1.54, 1.807) is 7.11 Å². The monoisotopic (exact) mass is 277 g/mol. The summed E-state index contributed by atoms with van der Waals surface area (Å²) in [6.07, 6.45) is 1.92. The minimum absolute atomic E-state index is 0.0347. The van der Waals surface area contributed by atoms with Gasteiger partial charge in [0.2, 0.25) is 0 Å². The molecule has 0 bridgehead atoms. The molecule has 1 saturated heterocycles. The van der Waals surface area contributed by atoms with Gasteiger partial charge in [0.1, 0.15) is 5.75 Å². The van der Waals surface area contributed by atoms with E-state index in [4.69, 9.17) is 9.47 Å². The molecule has 2 unspecified atom stereocenters. The molecule has 20 heavy (non-hydrogen) atoms. The number of carbonyl (C=O) groups excluding carboxylic acids is 1. The molecule has 110 valence electrons. The van der Waals surface area contributed by atoms with Crippen LogP contribution in [-0.4, -0.2) is 33.3 Å². The Balaban J connectivity index is 1.99. The normalized spacial score (nSPS) is 25.4. The molecule has 0 spiro atoms. The van der Waals surface area contributed by atoms with E-state index < -0.39 is 0 Å². The molecule has 4 nitrogen and oxygen atoms in total. The van der Waals surface area contributed by atoms with Crippen molar-refractivity contribution in [1.29, 1.82) is 0 Å². The lowest BCUT2D eigenvalue weighted by Crippen LogP contribution is -2.33. The third-order valence-corrected chi connectivity index (χ3v) is 4.35. The molecule has 1 heterocycles. The van der Waals surface area contributed by atoms with Gasteiger partial charge in [-0.05, 0) is 36.0 Å². The summed E-state index contributed by atoms with van der Waals surface area (Å²) in [6, 6.07) is 8.11. The van der Waals surface area contributed by atoms with Gasteiger partial charge in [-0.25, -0.2) is 0 Å². The van der Waals surface area contributed by atoms with Gasteiger partial charge in [-0.1, -0.05) is 19.1 Å². The smallest absolute Gasteiger partial charge is 0.310 e. The van der Waals surface area contributed by atoms with Crippen molar-refractivity contribution in [2.45, 2.75) is 19.8 Å². The summed E-state index contributed by atoms with van der Waals surface area (Å²) in [4.78, 5) is 11.8. The summed E-state index contributed by atoms with van der Waals surface area (Å²) in [7, 11) is 3.13. The van der Waals surface area contributed by atoms with Crippen molar-refractivity contribution in [2.75, 3.05) is 27.3 Å². The van der Waals surface area contributed by atoms with Gasteiger partial charge in [0, 0.05) is 13.1 Å². The summed E-state index contributed by atoms with van der Waals surface area (Å²) in [5, 5.41) is 3.31. The van der Waals surface area contributed by atoms with Gasteiger partial charge in [-0.15, -0.1) is 0 Å². The van der Waals surface area contributed by atoms with E-state index in [0.717, 1.165) is 25.1 Å². The minimum atomic E-state index is -0.104. The lowest BCUT2D eigenvalue weighted by molar-refractivity contribution is -0.148. The quantitative estimate of drug-likeness (QED) is 0.837. The van der Waals surface area contributed by atoms with Crippen molar-refractivity contribution in [2.24, 2.45) is 11.3 Å². The van der Waals surface area contributed by atoms with Crippen molar-refractivity contribution in [1.82, 2.24) is 5.32 Å². The Morgan fingerprint density at radius 1 is 1.35 bits per heavy atom. The van der Waals surface area contributed by atoms with Gasteiger partial charge < -0.3 is 14.8 Å². The second-order valence-corrected chi connectivity index (χ2v) is 5.71. The lowest BCUT2D eigenvalue weighted by Gasteiger charge is -2.28. The van der Waals surface area contributed by atoms with E-state index in [9.17, 15) is 4.79 Å². The number of hydrogen-bond donors (Lipinski definition) is 1. The molecule has 4 heteroatoms. The van der Waals surface area contributed by atoms with Gasteiger partial charge >= 0.3 is 5.97 Å². The standard InChI is InChI=1S/C16H23NO3/c1-16(11-17-10-14(16)15(18)20-3)9-8-12-4-6-13(19-2)7-5-12/h4-7,14,17H,8-11H2,1-3H3. The predicted octanol–water partition coefficient (Wildman–Crippen LogP) is 2.03. The highest BCUT2D eigenvalue weighted by Crippen LogP contribution is 2.36. The van der Waals surface area contributed by atoms with Crippen molar-refractivity contribution in [3.05, 3.63) is 29.8 Å². The van der Waals surface area contributed by atoms with Crippen LogP contribution in [0.1, 0.15) is 18.9 Å². The SMILES string of the molecule is COC(=O)C1CNCC1(C)CCc1ccc(OC)cc1. The maximum absolute atomic E-state index is 11.8. The van der Waals surface area contributed by atoms with Crippen molar-refractivity contribution in [3.63, 3.8) is 0 Å². The number of hydrogen-bond acceptors (Lipinski definition) is 4. The van der Waals surface area contributed by atoms with Gasteiger partial charge in [0.15, 0.2) is 0 Å². The molecule has 0 amide bonds. The number of rotatable bonds is 5. The molecule has 1 aliphatic rings. The zero-order valence-electron chi connectivity index (χ0n) is 12.4. The summed E-state index contributed by atoms with van der Waals surface area (Å²) in [5.74, 6) is 0.716.